The average Bonchev–Trinajstić information content (AvgIpc) is 3.16. The van der Waals surface area contributed by atoms with E-state index in [2.05, 4.69) is 15.7 Å². The van der Waals surface area contributed by atoms with Gasteiger partial charge in [0, 0.05) is 19.0 Å². The van der Waals surface area contributed by atoms with Crippen molar-refractivity contribution in [1.82, 2.24) is 0 Å². The molecule has 30 heavy (non-hydrogen) atoms. The molecule has 2 aromatic rings. The van der Waals surface area contributed by atoms with Gasteiger partial charge in [-0.15, -0.1) is 0 Å². The van der Waals surface area contributed by atoms with Crippen molar-refractivity contribution in [2.45, 2.75) is 26.3 Å². The summed E-state index contributed by atoms with van der Waals surface area (Å²) in [5.41, 5.74) is 1.75. The van der Waals surface area contributed by atoms with Crippen molar-refractivity contribution in [2.75, 3.05) is 22.2 Å². The van der Waals surface area contributed by atoms with Gasteiger partial charge in [-0.1, -0.05) is 29.8 Å². The SMILES string of the molecule is CCOC(=O)C1=NN(c2ccccc2)C(C(=O)Nc2ccc(NC(C)=O)cc2Cl)C1. The molecule has 156 valence electrons. The minimum absolute atomic E-state index is 0.0984. The zero-order valence-electron chi connectivity index (χ0n) is 16.5. The van der Waals surface area contributed by atoms with Gasteiger partial charge in [-0.2, -0.15) is 5.10 Å². The van der Waals surface area contributed by atoms with Gasteiger partial charge in [0.2, 0.25) is 11.8 Å². The minimum atomic E-state index is -0.752. The molecule has 0 aliphatic carbocycles. The molecule has 2 N–H and O–H groups in total. The van der Waals surface area contributed by atoms with Crippen LogP contribution in [-0.4, -0.2) is 36.1 Å². The van der Waals surface area contributed by atoms with Crippen LogP contribution in [0.15, 0.2) is 53.6 Å². The lowest BCUT2D eigenvalue weighted by molar-refractivity contribution is -0.135. The van der Waals surface area contributed by atoms with Gasteiger partial charge in [-0.25, -0.2) is 4.79 Å². The highest BCUT2D eigenvalue weighted by molar-refractivity contribution is 6.38. The molecule has 0 spiro atoms. The molecular formula is C21H21ClN4O4. The van der Waals surface area contributed by atoms with Gasteiger partial charge < -0.3 is 15.4 Å². The molecular weight excluding hydrogens is 408 g/mol. The second kappa shape index (κ2) is 9.41. The first kappa shape index (κ1) is 21.3. The molecule has 0 fully saturated rings. The van der Waals surface area contributed by atoms with E-state index in [0.717, 1.165) is 0 Å². The number of hydrazone groups is 1. The predicted octanol–water partition coefficient (Wildman–Crippen LogP) is 3.43. The van der Waals surface area contributed by atoms with Gasteiger partial charge >= 0.3 is 5.97 Å². The van der Waals surface area contributed by atoms with E-state index in [1.807, 2.05) is 18.2 Å². The summed E-state index contributed by atoms with van der Waals surface area (Å²) in [5.74, 6) is -1.15. The second-order valence-electron chi connectivity index (χ2n) is 6.53. The van der Waals surface area contributed by atoms with Crippen molar-refractivity contribution in [3.05, 3.63) is 53.6 Å². The third kappa shape index (κ3) is 4.96. The summed E-state index contributed by atoms with van der Waals surface area (Å²) in [6.45, 7) is 3.32. The molecule has 1 atom stereocenters. The number of nitrogens with one attached hydrogen (secondary N) is 2. The van der Waals surface area contributed by atoms with Crippen LogP contribution in [0.1, 0.15) is 20.3 Å². The zero-order chi connectivity index (χ0) is 21.7. The number of anilines is 3. The first-order valence-corrected chi connectivity index (χ1v) is 9.73. The Morgan fingerprint density at radius 1 is 1.17 bits per heavy atom. The van der Waals surface area contributed by atoms with Crippen LogP contribution in [0.2, 0.25) is 5.02 Å². The monoisotopic (exact) mass is 428 g/mol. The van der Waals surface area contributed by atoms with Crippen LogP contribution in [-0.2, 0) is 19.1 Å². The van der Waals surface area contributed by atoms with E-state index in [4.69, 9.17) is 16.3 Å². The Bertz CT molecular complexity index is 994. The van der Waals surface area contributed by atoms with Crippen LogP contribution in [0.3, 0.4) is 0 Å². The summed E-state index contributed by atoms with van der Waals surface area (Å²) in [4.78, 5) is 36.4. The van der Waals surface area contributed by atoms with Gasteiger partial charge in [0.1, 0.15) is 11.8 Å². The zero-order valence-corrected chi connectivity index (χ0v) is 17.3. The average molecular weight is 429 g/mol. The Morgan fingerprint density at radius 2 is 1.90 bits per heavy atom. The van der Waals surface area contributed by atoms with Crippen LogP contribution in [0.4, 0.5) is 17.1 Å². The maximum absolute atomic E-state index is 13.0. The summed E-state index contributed by atoms with van der Waals surface area (Å²) in [6, 6.07) is 13.1. The molecule has 2 amide bonds. The van der Waals surface area contributed by atoms with Gasteiger partial charge in [-0.05, 0) is 37.3 Å². The van der Waals surface area contributed by atoms with Crippen LogP contribution in [0.5, 0.6) is 0 Å². The van der Waals surface area contributed by atoms with Crippen molar-refractivity contribution < 1.29 is 19.1 Å². The largest absolute Gasteiger partial charge is 0.461 e. The summed E-state index contributed by atoms with van der Waals surface area (Å²) < 4.78 is 5.04. The number of nitrogens with zero attached hydrogens (tertiary/aromatic N) is 2. The highest BCUT2D eigenvalue weighted by Gasteiger charge is 2.37. The fraction of sp³-hybridized carbons (Fsp3) is 0.238. The summed E-state index contributed by atoms with van der Waals surface area (Å²) in [5, 5.41) is 11.5. The fourth-order valence-electron chi connectivity index (χ4n) is 2.98. The van der Waals surface area contributed by atoms with E-state index in [9.17, 15) is 14.4 Å². The standard InChI is InChI=1S/C21H21ClN4O4/c1-3-30-21(29)18-12-19(26(25-18)15-7-5-4-6-8-15)20(28)24-17-10-9-14(11-16(17)22)23-13(2)27/h4-11,19H,3,12H2,1-2H3,(H,23,27)(H,24,28). The van der Waals surface area contributed by atoms with E-state index in [-0.39, 0.29) is 35.6 Å². The predicted molar refractivity (Wildman–Crippen MR) is 116 cm³/mol. The second-order valence-corrected chi connectivity index (χ2v) is 6.94. The number of carbonyl (C=O) groups is 3. The van der Waals surface area contributed by atoms with Crippen LogP contribution in [0, 0.1) is 0 Å². The van der Waals surface area contributed by atoms with Gasteiger partial charge in [0.15, 0.2) is 0 Å². The quantitative estimate of drug-likeness (QED) is 0.686. The smallest absolute Gasteiger partial charge is 0.354 e. The Hall–Kier alpha value is -3.39. The number of para-hydroxylation sites is 1. The van der Waals surface area contributed by atoms with E-state index in [1.54, 1.807) is 37.3 Å². The molecule has 0 aromatic heterocycles. The number of rotatable bonds is 6. The summed E-state index contributed by atoms with van der Waals surface area (Å²) >= 11 is 6.25. The highest BCUT2D eigenvalue weighted by atomic mass is 35.5. The molecule has 0 saturated heterocycles. The molecule has 9 heteroatoms. The lowest BCUT2D eigenvalue weighted by atomic mass is 10.1. The van der Waals surface area contributed by atoms with Gasteiger partial charge in [0.05, 0.1) is 23.0 Å². The maximum atomic E-state index is 13.0. The molecule has 1 aliphatic rings. The van der Waals surface area contributed by atoms with Crippen molar-refractivity contribution in [2.24, 2.45) is 5.10 Å². The molecule has 0 bridgehead atoms. The topological polar surface area (TPSA) is 100 Å². The molecule has 2 aromatic carbocycles. The highest BCUT2D eigenvalue weighted by Crippen LogP contribution is 2.29. The molecule has 3 rings (SSSR count). The summed E-state index contributed by atoms with van der Waals surface area (Å²) in [7, 11) is 0. The molecule has 0 radical (unpaired) electrons. The number of hydrogen-bond donors (Lipinski definition) is 2. The Kier molecular flexibility index (Phi) is 6.68. The number of esters is 1. The van der Waals surface area contributed by atoms with Crippen LogP contribution < -0.4 is 15.6 Å². The summed E-state index contributed by atoms with van der Waals surface area (Å²) in [6.07, 6.45) is 0.0984. The number of ether oxygens (including phenoxy) is 1. The first-order chi connectivity index (χ1) is 14.4. The van der Waals surface area contributed by atoms with Crippen molar-refractivity contribution in [3.63, 3.8) is 0 Å². The maximum Gasteiger partial charge on any atom is 0.354 e. The third-order valence-corrected chi connectivity index (χ3v) is 4.60. The van der Waals surface area contributed by atoms with Crippen LogP contribution in [0.25, 0.3) is 0 Å². The van der Waals surface area contributed by atoms with Crippen molar-refractivity contribution in [3.8, 4) is 0 Å². The van der Waals surface area contributed by atoms with E-state index >= 15 is 0 Å². The number of amides is 2. The number of hydrogen-bond acceptors (Lipinski definition) is 6. The minimum Gasteiger partial charge on any atom is -0.461 e. The Morgan fingerprint density at radius 3 is 2.53 bits per heavy atom. The normalized spacial score (nSPS) is 15.4. The molecule has 1 unspecified atom stereocenters. The molecule has 0 saturated carbocycles. The van der Waals surface area contributed by atoms with E-state index in [1.165, 1.54) is 11.9 Å². The third-order valence-electron chi connectivity index (χ3n) is 4.29. The number of halogens is 1. The molecule has 1 aliphatic heterocycles. The fourth-order valence-corrected chi connectivity index (χ4v) is 3.21. The number of carbonyl (C=O) groups excluding carboxylic acids is 3. The van der Waals surface area contributed by atoms with Crippen molar-refractivity contribution in [1.29, 1.82) is 0 Å². The lowest BCUT2D eigenvalue weighted by Crippen LogP contribution is -2.38. The Labute approximate surface area is 178 Å². The van der Waals surface area contributed by atoms with Gasteiger partial charge in [-0.3, -0.25) is 14.6 Å². The Balaban J connectivity index is 1.81. The van der Waals surface area contributed by atoms with Crippen LogP contribution >= 0.6 is 11.6 Å². The molecule has 1 heterocycles. The first-order valence-electron chi connectivity index (χ1n) is 9.36. The number of benzene rings is 2. The molecule has 8 nitrogen and oxygen atoms in total. The lowest BCUT2D eigenvalue weighted by Gasteiger charge is -2.23. The van der Waals surface area contributed by atoms with Gasteiger partial charge in [0.25, 0.3) is 0 Å². The van der Waals surface area contributed by atoms with Crippen molar-refractivity contribution >= 4 is 52.2 Å². The van der Waals surface area contributed by atoms with E-state index in [0.29, 0.717) is 17.1 Å². The van der Waals surface area contributed by atoms with E-state index < -0.39 is 12.0 Å².